The van der Waals surface area contributed by atoms with E-state index in [-0.39, 0.29) is 11.6 Å². The van der Waals surface area contributed by atoms with Crippen molar-refractivity contribution in [2.75, 3.05) is 51.4 Å². The molecule has 0 radical (unpaired) electrons. The maximum atomic E-state index is 5.57. The van der Waals surface area contributed by atoms with Crippen LogP contribution < -0.4 is 10.6 Å². The monoisotopic (exact) mass is 408 g/mol. The molecule has 2 N–H and O–H groups in total. The Morgan fingerprint density at radius 3 is 2.68 bits per heavy atom. The van der Waals surface area contributed by atoms with Crippen LogP contribution in [0.25, 0.3) is 0 Å². The minimum atomic E-state index is 0.214. The number of nitrogens with zero attached hydrogens (tertiary/aromatic N) is 4. The maximum absolute atomic E-state index is 5.57. The molecule has 1 aromatic heterocycles. The smallest absolute Gasteiger partial charge is 0.191 e. The lowest BCUT2D eigenvalue weighted by Gasteiger charge is -2.43. The van der Waals surface area contributed by atoms with Crippen LogP contribution in [0.1, 0.15) is 30.3 Å². The molecule has 2 saturated heterocycles. The van der Waals surface area contributed by atoms with E-state index in [4.69, 9.17) is 4.74 Å². The summed E-state index contributed by atoms with van der Waals surface area (Å²) in [5.74, 6) is 3.30. The van der Waals surface area contributed by atoms with Gasteiger partial charge < -0.3 is 15.4 Å². The van der Waals surface area contributed by atoms with Gasteiger partial charge in [0.15, 0.2) is 5.96 Å². The highest BCUT2D eigenvalue weighted by Crippen LogP contribution is 2.33. The van der Waals surface area contributed by atoms with Gasteiger partial charge in [0.25, 0.3) is 0 Å². The molecule has 0 bridgehead atoms. The molecule has 3 rings (SSSR count). The number of guanidine groups is 1. The summed E-state index contributed by atoms with van der Waals surface area (Å²) in [5, 5.41) is 11.7. The molecule has 0 spiro atoms. The number of hydrogen-bond acceptors (Lipinski definition) is 5. The summed E-state index contributed by atoms with van der Waals surface area (Å²) in [6, 6.07) is 0.282. The molecule has 8 heteroatoms. The summed E-state index contributed by atoms with van der Waals surface area (Å²) in [6.07, 6.45) is 2.17. The van der Waals surface area contributed by atoms with E-state index >= 15 is 0 Å². The molecule has 158 valence electrons. The van der Waals surface area contributed by atoms with Crippen LogP contribution >= 0.6 is 11.8 Å². The normalized spacial score (nSPS) is 25.1. The zero-order valence-electron chi connectivity index (χ0n) is 18.0. The van der Waals surface area contributed by atoms with Gasteiger partial charge >= 0.3 is 0 Å². The van der Waals surface area contributed by atoms with Crippen molar-refractivity contribution in [3.63, 3.8) is 0 Å². The molecule has 2 aliphatic rings. The van der Waals surface area contributed by atoms with Crippen LogP contribution in [0.2, 0.25) is 0 Å². The molecular weight excluding hydrogens is 372 g/mol. The van der Waals surface area contributed by atoms with Gasteiger partial charge in [0, 0.05) is 56.8 Å². The quantitative estimate of drug-likeness (QED) is 0.547. The van der Waals surface area contributed by atoms with Gasteiger partial charge in [0.1, 0.15) is 0 Å². The summed E-state index contributed by atoms with van der Waals surface area (Å²) in [6.45, 7) is 11.1. The number of nitrogens with one attached hydrogen (secondary N) is 2. The Morgan fingerprint density at radius 1 is 1.36 bits per heavy atom. The van der Waals surface area contributed by atoms with Crippen LogP contribution in [0, 0.1) is 13.8 Å². The van der Waals surface area contributed by atoms with Crippen molar-refractivity contribution in [3.05, 3.63) is 17.0 Å². The first kappa shape index (κ1) is 21.5. The molecular formula is C20H36N6OS. The van der Waals surface area contributed by atoms with E-state index in [0.717, 1.165) is 50.9 Å². The maximum Gasteiger partial charge on any atom is 0.191 e. The van der Waals surface area contributed by atoms with Gasteiger partial charge in [-0.2, -0.15) is 16.9 Å². The predicted octanol–water partition coefficient (Wildman–Crippen LogP) is 1.34. The molecule has 0 aliphatic carbocycles. The van der Waals surface area contributed by atoms with E-state index in [9.17, 15) is 0 Å². The number of hydrogen-bond donors (Lipinski definition) is 2. The van der Waals surface area contributed by atoms with Crippen LogP contribution in [0.3, 0.4) is 0 Å². The number of ether oxygens (including phenoxy) is 1. The molecule has 1 aromatic rings. The van der Waals surface area contributed by atoms with Crippen LogP contribution in [-0.2, 0) is 18.2 Å². The molecule has 2 atom stereocenters. The van der Waals surface area contributed by atoms with Crippen molar-refractivity contribution in [2.24, 2.45) is 12.0 Å². The number of thioether (sulfide) groups is 1. The number of rotatable bonds is 6. The zero-order chi connectivity index (χ0) is 20.1. The van der Waals surface area contributed by atoms with E-state index in [1.54, 1.807) is 0 Å². The average molecular weight is 409 g/mol. The van der Waals surface area contributed by atoms with E-state index in [1.807, 2.05) is 18.8 Å². The third-order valence-electron chi connectivity index (χ3n) is 6.13. The summed E-state index contributed by atoms with van der Waals surface area (Å²) in [4.78, 5) is 7.11. The van der Waals surface area contributed by atoms with Crippen LogP contribution in [0.5, 0.6) is 0 Å². The molecule has 2 fully saturated rings. The molecule has 7 nitrogen and oxygen atoms in total. The largest absolute Gasteiger partial charge is 0.379 e. The fourth-order valence-corrected chi connectivity index (χ4v) is 5.76. The predicted molar refractivity (Wildman–Crippen MR) is 117 cm³/mol. The Balaban J connectivity index is 1.57. The highest BCUT2D eigenvalue weighted by atomic mass is 32.2. The molecule has 0 amide bonds. The average Bonchev–Trinajstić information content (AvgIpc) is 3.27. The third kappa shape index (κ3) is 4.83. The molecule has 0 aromatic carbocycles. The molecule has 3 heterocycles. The number of aryl methyl sites for hydroxylation is 2. The van der Waals surface area contributed by atoms with E-state index in [0.29, 0.717) is 0 Å². The first-order chi connectivity index (χ1) is 13.4. The lowest BCUT2D eigenvalue weighted by Crippen LogP contribution is -2.60. The van der Waals surface area contributed by atoms with Crippen LogP contribution in [0.15, 0.2) is 4.99 Å². The van der Waals surface area contributed by atoms with Crippen molar-refractivity contribution >= 4 is 17.7 Å². The summed E-state index contributed by atoms with van der Waals surface area (Å²) >= 11 is 2.06. The van der Waals surface area contributed by atoms with Crippen molar-refractivity contribution in [1.82, 2.24) is 25.3 Å². The lowest BCUT2D eigenvalue weighted by molar-refractivity contribution is -0.0120. The van der Waals surface area contributed by atoms with Crippen molar-refractivity contribution in [1.29, 1.82) is 0 Å². The highest BCUT2D eigenvalue weighted by Gasteiger charge is 2.40. The lowest BCUT2D eigenvalue weighted by atomic mass is 9.95. The molecule has 2 unspecified atom stereocenters. The fraction of sp³-hybridized carbons (Fsp3) is 0.800. The third-order valence-corrected chi connectivity index (χ3v) is 7.36. The topological polar surface area (TPSA) is 66.7 Å². The molecule has 28 heavy (non-hydrogen) atoms. The Morgan fingerprint density at radius 2 is 2.11 bits per heavy atom. The number of aliphatic imine (C=N–C) groups is 1. The summed E-state index contributed by atoms with van der Waals surface area (Å²) in [7, 11) is 3.86. The fourth-order valence-electron chi connectivity index (χ4n) is 4.28. The van der Waals surface area contributed by atoms with E-state index < -0.39 is 0 Å². The van der Waals surface area contributed by atoms with Gasteiger partial charge in [-0.1, -0.05) is 0 Å². The Bertz CT molecular complexity index is 676. The second kappa shape index (κ2) is 9.50. The number of aromatic nitrogens is 2. The molecule has 2 aliphatic heterocycles. The number of morpholine rings is 1. The van der Waals surface area contributed by atoms with Crippen LogP contribution in [-0.4, -0.2) is 83.6 Å². The summed E-state index contributed by atoms with van der Waals surface area (Å²) < 4.78 is 7.54. The second-order valence-electron chi connectivity index (χ2n) is 8.07. The van der Waals surface area contributed by atoms with Gasteiger partial charge in [-0.05, 0) is 44.9 Å². The van der Waals surface area contributed by atoms with Gasteiger partial charge in [-0.15, -0.1) is 0 Å². The van der Waals surface area contributed by atoms with E-state index in [2.05, 4.69) is 58.2 Å². The van der Waals surface area contributed by atoms with Gasteiger partial charge in [-0.3, -0.25) is 14.6 Å². The standard InChI is InChI=1S/C20H36N6OS/c1-15(12-18-16(2)24-25(5)17(18)3)23-19(21-4)22-13-20(6-11-28-14-20)26-7-9-27-10-8-26/h15H,6-14H2,1-5H3,(H2,21,22,23). The first-order valence-electron chi connectivity index (χ1n) is 10.3. The second-order valence-corrected chi connectivity index (χ2v) is 9.18. The highest BCUT2D eigenvalue weighted by molar-refractivity contribution is 7.99. The zero-order valence-corrected chi connectivity index (χ0v) is 18.9. The van der Waals surface area contributed by atoms with Gasteiger partial charge in [-0.25, -0.2) is 0 Å². The van der Waals surface area contributed by atoms with Gasteiger partial charge in [0.05, 0.1) is 18.9 Å². The first-order valence-corrected chi connectivity index (χ1v) is 11.5. The Hall–Kier alpha value is -1.25. The molecule has 0 saturated carbocycles. The van der Waals surface area contributed by atoms with Crippen LogP contribution in [0.4, 0.5) is 0 Å². The van der Waals surface area contributed by atoms with E-state index in [1.165, 1.54) is 29.2 Å². The van der Waals surface area contributed by atoms with Crippen molar-refractivity contribution in [2.45, 2.75) is 45.2 Å². The minimum Gasteiger partial charge on any atom is -0.379 e. The minimum absolute atomic E-state index is 0.214. The Labute approximate surface area is 173 Å². The Kier molecular flexibility index (Phi) is 7.28. The van der Waals surface area contributed by atoms with Gasteiger partial charge in [0.2, 0.25) is 0 Å². The van der Waals surface area contributed by atoms with Crippen molar-refractivity contribution in [3.8, 4) is 0 Å². The van der Waals surface area contributed by atoms with Crippen molar-refractivity contribution < 1.29 is 4.74 Å². The summed E-state index contributed by atoms with van der Waals surface area (Å²) in [5.41, 5.74) is 3.90. The SMILES string of the molecule is CN=C(NCC1(N2CCOCC2)CCSC1)NC(C)Cc1c(C)nn(C)c1C.